The zero-order valence-corrected chi connectivity index (χ0v) is 22.1. The molecule has 3 atom stereocenters. The van der Waals surface area contributed by atoms with Gasteiger partial charge in [0.05, 0.1) is 5.66 Å². The molecule has 0 spiro atoms. The van der Waals surface area contributed by atoms with Crippen molar-refractivity contribution in [1.29, 1.82) is 0 Å². The molecule has 3 unspecified atom stereocenters. The minimum absolute atomic E-state index is 0.126. The highest BCUT2D eigenvalue weighted by molar-refractivity contribution is 7.37. The number of alkyl halides is 2. The average molecular weight is 490 g/mol. The van der Waals surface area contributed by atoms with E-state index >= 15 is 0 Å². The van der Waals surface area contributed by atoms with Crippen LogP contribution in [-0.4, -0.2) is 25.1 Å². The topological polar surface area (TPSA) is 29.4 Å². The zero-order valence-electron chi connectivity index (χ0n) is 21.1. The van der Waals surface area contributed by atoms with E-state index in [0.29, 0.717) is 17.5 Å². The number of ketones is 1. The normalized spacial score (nSPS) is 18.6. The van der Waals surface area contributed by atoms with Gasteiger partial charge in [-0.15, -0.1) is 8.58 Å². The van der Waals surface area contributed by atoms with Crippen LogP contribution in [-0.2, 0) is 0 Å². The number of benzene rings is 1. The Hall–Kier alpha value is -1.93. The number of carbonyl (C=O) groups is 1. The number of aliphatic imine (C=N–C) groups is 1. The maximum Gasteiger partial charge on any atom is 0.255 e. The van der Waals surface area contributed by atoms with Crippen LogP contribution < -0.4 is 0 Å². The number of nitrogens with zero attached hydrogens (tertiary/aromatic N) is 1. The Balaban J connectivity index is 0.000000362. The lowest BCUT2D eigenvalue weighted by atomic mass is 9.97. The second-order valence-corrected chi connectivity index (χ2v) is 10.4. The fraction of sp³-hybridized carbons (Fsp3) is 0.517. The minimum atomic E-state index is -2.72. The van der Waals surface area contributed by atoms with Gasteiger partial charge in [0, 0.05) is 25.1 Å². The van der Waals surface area contributed by atoms with E-state index in [4.69, 9.17) is 0 Å². The largest absolute Gasteiger partial charge is 0.294 e. The minimum Gasteiger partial charge on any atom is -0.294 e. The van der Waals surface area contributed by atoms with Gasteiger partial charge in [-0.25, -0.2) is 8.78 Å². The first-order chi connectivity index (χ1) is 16.2. The summed E-state index contributed by atoms with van der Waals surface area (Å²) in [6.45, 7) is 11.7. The number of Topliss-reactive ketones (excluding diaryl/α,β-unsaturated/α-hetero) is 1. The van der Waals surface area contributed by atoms with Crippen molar-refractivity contribution in [3.63, 3.8) is 0 Å². The molecule has 0 aliphatic heterocycles. The fourth-order valence-corrected chi connectivity index (χ4v) is 4.78. The van der Waals surface area contributed by atoms with Gasteiger partial charge < -0.3 is 0 Å². The number of allylic oxidation sites excluding steroid dienone is 4. The summed E-state index contributed by atoms with van der Waals surface area (Å²) >= 11 is 0. The fourth-order valence-electron chi connectivity index (χ4n) is 3.74. The third-order valence-corrected chi connectivity index (χ3v) is 7.35. The molecule has 0 aromatic heterocycles. The number of carbonyl (C=O) groups excluding carboxylic acids is 1. The van der Waals surface area contributed by atoms with E-state index in [1.165, 1.54) is 32.1 Å². The van der Waals surface area contributed by atoms with Crippen molar-refractivity contribution < 1.29 is 13.6 Å². The van der Waals surface area contributed by atoms with Gasteiger partial charge in [-0.1, -0.05) is 75.3 Å². The van der Waals surface area contributed by atoms with Gasteiger partial charge in [-0.3, -0.25) is 9.79 Å². The second kappa shape index (κ2) is 16.7. The van der Waals surface area contributed by atoms with Crippen LogP contribution in [0.5, 0.6) is 0 Å². The quantitative estimate of drug-likeness (QED) is 0.106. The first-order valence-corrected chi connectivity index (χ1v) is 13.9. The van der Waals surface area contributed by atoms with Crippen molar-refractivity contribution in [3.8, 4) is 0 Å². The van der Waals surface area contributed by atoms with Crippen LogP contribution in [0.2, 0.25) is 0 Å². The van der Waals surface area contributed by atoms with Crippen molar-refractivity contribution in [3.05, 3.63) is 72.5 Å². The molecule has 5 heteroatoms. The summed E-state index contributed by atoms with van der Waals surface area (Å²) in [5.41, 5.74) is 0.515. The summed E-state index contributed by atoms with van der Waals surface area (Å²) in [7, 11) is 0.138. The maximum atomic E-state index is 13.5. The molecule has 0 amide bonds. The number of rotatable bonds is 10. The van der Waals surface area contributed by atoms with Gasteiger partial charge in [0.15, 0.2) is 5.78 Å². The smallest absolute Gasteiger partial charge is 0.255 e. The predicted octanol–water partition coefficient (Wildman–Crippen LogP) is 9.20. The van der Waals surface area contributed by atoms with Gasteiger partial charge in [0.2, 0.25) is 0 Å². The molecule has 1 saturated carbocycles. The van der Waals surface area contributed by atoms with Gasteiger partial charge in [-0.05, 0) is 62.5 Å². The van der Waals surface area contributed by atoms with E-state index in [1.54, 1.807) is 49.3 Å². The number of hydrogen-bond acceptors (Lipinski definition) is 2. The van der Waals surface area contributed by atoms with E-state index < -0.39 is 11.6 Å². The van der Waals surface area contributed by atoms with Crippen molar-refractivity contribution in [2.45, 2.75) is 76.8 Å². The molecule has 0 bridgehead atoms. The van der Waals surface area contributed by atoms with Crippen molar-refractivity contribution in [2.75, 3.05) is 6.66 Å². The van der Waals surface area contributed by atoms with Crippen LogP contribution in [0.4, 0.5) is 8.78 Å². The maximum absolute atomic E-state index is 13.5. The Bertz CT molecular complexity index is 781. The predicted molar refractivity (Wildman–Crippen MR) is 146 cm³/mol. The first kappa shape index (κ1) is 30.1. The highest BCUT2D eigenvalue weighted by Crippen LogP contribution is 2.44. The van der Waals surface area contributed by atoms with Crippen molar-refractivity contribution >= 4 is 21.1 Å². The summed E-state index contributed by atoms with van der Waals surface area (Å²) < 4.78 is 27.0. The van der Waals surface area contributed by atoms with Crippen LogP contribution in [0, 0.1) is 11.8 Å². The van der Waals surface area contributed by atoms with Crippen LogP contribution in [0.3, 0.4) is 0 Å². The molecule has 0 radical (unpaired) electrons. The van der Waals surface area contributed by atoms with Crippen LogP contribution in [0.25, 0.3) is 0 Å². The van der Waals surface area contributed by atoms with Crippen molar-refractivity contribution in [2.24, 2.45) is 16.8 Å². The standard InChI is InChI=1S/C17H23F2OP.C7H12.C5H7N/c1-17(18,19)16(21-2)14-10-8-13(9-11-14)15(20)5-3-4-12-6-7-12;1-7-5-3-2-4-6-7;1-3-4-5-6-2/h8-12,16,21H,3-7H2,1-2H3;2-3,7H,4-6H2,1H3;3-5H,1-2H2/b;;5-4-. The van der Waals surface area contributed by atoms with Crippen LogP contribution in [0.1, 0.15) is 86.8 Å². The van der Waals surface area contributed by atoms with Gasteiger partial charge in [-0.2, -0.15) is 0 Å². The first-order valence-electron chi connectivity index (χ1n) is 12.3. The molecule has 2 aliphatic carbocycles. The Labute approximate surface area is 207 Å². The Morgan fingerprint density at radius 2 is 1.91 bits per heavy atom. The molecule has 1 aromatic rings. The van der Waals surface area contributed by atoms with E-state index in [0.717, 1.165) is 31.6 Å². The van der Waals surface area contributed by atoms with E-state index in [-0.39, 0.29) is 14.4 Å². The molecule has 34 heavy (non-hydrogen) atoms. The molecular formula is C29H42F2NOP. The highest BCUT2D eigenvalue weighted by Gasteiger charge is 2.33. The highest BCUT2D eigenvalue weighted by atomic mass is 31.1. The lowest BCUT2D eigenvalue weighted by Crippen LogP contribution is -2.18. The molecule has 0 saturated heterocycles. The third-order valence-electron chi connectivity index (χ3n) is 5.93. The molecule has 0 heterocycles. The molecular weight excluding hydrogens is 447 g/mol. The number of hydrogen-bond donors (Lipinski definition) is 0. The second-order valence-electron chi connectivity index (χ2n) is 9.21. The van der Waals surface area contributed by atoms with E-state index in [2.05, 4.69) is 37.4 Å². The molecule has 3 rings (SSSR count). The molecule has 188 valence electrons. The lowest BCUT2D eigenvalue weighted by Gasteiger charge is -2.22. The molecule has 2 nitrogen and oxygen atoms in total. The Morgan fingerprint density at radius 3 is 2.29 bits per heavy atom. The molecule has 2 aliphatic rings. The van der Waals surface area contributed by atoms with Gasteiger partial charge >= 0.3 is 0 Å². The Kier molecular flexibility index (Phi) is 14.7. The average Bonchev–Trinajstić information content (AvgIpc) is 3.63. The van der Waals surface area contributed by atoms with Gasteiger partial charge in [0.1, 0.15) is 0 Å². The number of halogens is 2. The van der Waals surface area contributed by atoms with Crippen LogP contribution >= 0.6 is 8.58 Å². The Morgan fingerprint density at radius 1 is 1.24 bits per heavy atom. The third kappa shape index (κ3) is 13.1. The molecule has 1 fully saturated rings. The monoisotopic (exact) mass is 489 g/mol. The van der Waals surface area contributed by atoms with Gasteiger partial charge in [0.25, 0.3) is 5.92 Å². The summed E-state index contributed by atoms with van der Waals surface area (Å²) in [5.74, 6) is -0.799. The lowest BCUT2D eigenvalue weighted by molar-refractivity contribution is 0.0183. The summed E-state index contributed by atoms with van der Waals surface area (Å²) in [6.07, 6.45) is 18.8. The molecule has 0 N–H and O–H groups in total. The zero-order chi connectivity index (χ0) is 25.4. The summed E-state index contributed by atoms with van der Waals surface area (Å²) in [4.78, 5) is 15.5. The molecule has 1 aromatic carbocycles. The van der Waals surface area contributed by atoms with E-state index in [9.17, 15) is 13.6 Å². The summed E-state index contributed by atoms with van der Waals surface area (Å²) in [6, 6.07) is 6.78. The summed E-state index contributed by atoms with van der Waals surface area (Å²) in [5, 5.41) is 0. The van der Waals surface area contributed by atoms with E-state index in [1.807, 2.05) is 0 Å². The SMILES string of the molecule is C=C/C=C\N=C.CC1CC=CCC1.CPC(c1ccc(C(=O)CCCC2CC2)cc1)C(C)(F)F. The van der Waals surface area contributed by atoms with Crippen molar-refractivity contribution in [1.82, 2.24) is 0 Å². The van der Waals surface area contributed by atoms with Crippen LogP contribution in [0.15, 0.2) is 66.3 Å².